The Morgan fingerprint density at radius 3 is 2.45 bits per heavy atom. The maximum atomic E-state index is 13.5. The van der Waals surface area contributed by atoms with Gasteiger partial charge in [-0.25, -0.2) is 9.97 Å². The first-order valence-corrected chi connectivity index (χ1v) is 16.6. The predicted octanol–water partition coefficient (Wildman–Crippen LogP) is 6.81. The van der Waals surface area contributed by atoms with E-state index in [0.717, 1.165) is 37.2 Å². The molecule has 10 heteroatoms. The van der Waals surface area contributed by atoms with Crippen LogP contribution in [0.3, 0.4) is 0 Å². The number of pyridine rings is 1. The first-order valence-electron chi connectivity index (χ1n) is 12.9. The number of anilines is 1. The van der Waals surface area contributed by atoms with Crippen molar-refractivity contribution >= 4 is 37.5 Å². The van der Waals surface area contributed by atoms with Crippen molar-refractivity contribution in [1.29, 1.82) is 0 Å². The molecule has 1 aromatic carbocycles. The highest BCUT2D eigenvalue weighted by atomic mass is 35.5. The lowest BCUT2D eigenvalue weighted by molar-refractivity contribution is 0.0903. The predicted molar refractivity (Wildman–Crippen MR) is 157 cm³/mol. The van der Waals surface area contributed by atoms with E-state index >= 15 is 0 Å². The zero-order chi connectivity index (χ0) is 27.5. The van der Waals surface area contributed by atoms with Gasteiger partial charge >= 0.3 is 0 Å². The third kappa shape index (κ3) is 7.04. The van der Waals surface area contributed by atoms with Gasteiger partial charge in [0.25, 0.3) is 5.56 Å². The minimum Gasteiger partial charge on any atom is -0.414 e. The van der Waals surface area contributed by atoms with Crippen molar-refractivity contribution in [2.45, 2.75) is 63.8 Å². The van der Waals surface area contributed by atoms with Gasteiger partial charge in [-0.3, -0.25) is 4.79 Å². The van der Waals surface area contributed by atoms with Crippen LogP contribution in [0, 0.1) is 0 Å². The molecule has 38 heavy (non-hydrogen) atoms. The monoisotopic (exact) mass is 574 g/mol. The van der Waals surface area contributed by atoms with Gasteiger partial charge in [0.15, 0.2) is 8.32 Å². The van der Waals surface area contributed by atoms with Gasteiger partial charge in [0.2, 0.25) is 5.95 Å². The molecule has 0 amide bonds. The van der Waals surface area contributed by atoms with E-state index in [1.807, 2.05) is 24.3 Å². The van der Waals surface area contributed by atoms with Gasteiger partial charge in [-0.15, -0.1) is 0 Å². The summed E-state index contributed by atoms with van der Waals surface area (Å²) in [5.74, 6) is 0.549. The van der Waals surface area contributed by atoms with Crippen LogP contribution in [0.1, 0.15) is 45.2 Å². The van der Waals surface area contributed by atoms with Crippen LogP contribution in [0.25, 0.3) is 11.3 Å². The molecule has 0 saturated carbocycles. The minimum absolute atomic E-state index is 0.0295. The lowest BCUT2D eigenvalue weighted by atomic mass is 10.1. The zero-order valence-corrected chi connectivity index (χ0v) is 25.1. The quantitative estimate of drug-likeness (QED) is 0.297. The van der Waals surface area contributed by atoms with Gasteiger partial charge in [-0.2, -0.15) is 0 Å². The van der Waals surface area contributed by atoms with E-state index in [1.54, 1.807) is 29.1 Å². The number of hydrogen-bond donors (Lipinski definition) is 1. The van der Waals surface area contributed by atoms with Gasteiger partial charge in [-0.1, -0.05) is 44.0 Å². The fourth-order valence-corrected chi connectivity index (χ4v) is 5.68. The van der Waals surface area contributed by atoms with E-state index in [-0.39, 0.29) is 16.6 Å². The molecule has 1 aliphatic rings. The number of hydrogen-bond acceptors (Lipinski definition) is 6. The van der Waals surface area contributed by atoms with Crippen molar-refractivity contribution < 1.29 is 9.16 Å². The smallest absolute Gasteiger partial charge is 0.251 e. The maximum absolute atomic E-state index is 13.5. The molecule has 1 N–H and O–H groups in total. The van der Waals surface area contributed by atoms with Crippen molar-refractivity contribution in [1.82, 2.24) is 14.5 Å². The van der Waals surface area contributed by atoms with Crippen LogP contribution < -0.4 is 10.9 Å². The molecule has 1 fully saturated rings. The summed E-state index contributed by atoms with van der Waals surface area (Å²) in [6, 6.07) is 10.6. The van der Waals surface area contributed by atoms with Crippen molar-refractivity contribution in [3.8, 4) is 11.3 Å². The largest absolute Gasteiger partial charge is 0.414 e. The average Bonchev–Trinajstić information content (AvgIpc) is 2.84. The van der Waals surface area contributed by atoms with Crippen LogP contribution in [-0.2, 0) is 9.16 Å². The molecule has 1 aliphatic heterocycles. The Labute approximate surface area is 235 Å². The first-order chi connectivity index (χ1) is 17.9. The SMILES string of the molecule is CC(C)(C)[Si](C)(C)OC[C@H](c1cc(Cl)cc(Cl)c1)n1ccc(-c2ccnc(NC3CCOCC3)n2)cc1=O. The first kappa shape index (κ1) is 28.8. The number of aromatic nitrogens is 3. The number of halogens is 2. The zero-order valence-electron chi connectivity index (χ0n) is 22.6. The van der Waals surface area contributed by atoms with Gasteiger partial charge in [0, 0.05) is 53.3 Å². The molecular formula is C28H36Cl2N4O3Si. The van der Waals surface area contributed by atoms with Crippen LogP contribution >= 0.6 is 23.2 Å². The normalized spacial score (nSPS) is 15.9. The summed E-state index contributed by atoms with van der Waals surface area (Å²) in [5, 5.41) is 4.44. The van der Waals surface area contributed by atoms with Crippen molar-refractivity contribution in [3.63, 3.8) is 0 Å². The molecule has 0 spiro atoms. The maximum Gasteiger partial charge on any atom is 0.251 e. The molecule has 204 valence electrons. The summed E-state index contributed by atoms with van der Waals surface area (Å²) in [6.07, 6.45) is 5.32. The molecule has 0 bridgehead atoms. The molecule has 4 rings (SSSR count). The molecule has 2 aromatic heterocycles. The molecule has 1 atom stereocenters. The molecular weight excluding hydrogens is 539 g/mol. The van der Waals surface area contributed by atoms with Crippen molar-refractivity contribution in [3.05, 3.63) is 74.8 Å². The second kappa shape index (κ2) is 11.9. The number of benzene rings is 1. The topological polar surface area (TPSA) is 78.3 Å². The molecule has 3 aromatic rings. The number of rotatable bonds is 8. The van der Waals surface area contributed by atoms with Crippen LogP contribution in [-0.4, -0.2) is 48.7 Å². The fourth-order valence-electron chi connectivity index (χ4n) is 4.13. The van der Waals surface area contributed by atoms with E-state index in [9.17, 15) is 4.79 Å². The number of ether oxygens (including phenoxy) is 1. The van der Waals surface area contributed by atoms with E-state index in [2.05, 4.69) is 49.1 Å². The van der Waals surface area contributed by atoms with Gasteiger partial charge in [-0.05, 0) is 66.9 Å². The summed E-state index contributed by atoms with van der Waals surface area (Å²) in [6.45, 7) is 12.8. The van der Waals surface area contributed by atoms with Gasteiger partial charge in [0.05, 0.1) is 18.3 Å². The lowest BCUT2D eigenvalue weighted by Crippen LogP contribution is -2.43. The Hall–Kier alpha value is -2.23. The highest BCUT2D eigenvalue weighted by molar-refractivity contribution is 6.74. The summed E-state index contributed by atoms with van der Waals surface area (Å²) in [4.78, 5) is 22.5. The minimum atomic E-state index is -2.08. The Balaban J connectivity index is 1.64. The summed E-state index contributed by atoms with van der Waals surface area (Å²) in [5.41, 5.74) is 2.05. The van der Waals surface area contributed by atoms with Gasteiger partial charge < -0.3 is 19.0 Å². The number of nitrogens with one attached hydrogen (secondary N) is 1. The summed E-state index contributed by atoms with van der Waals surface area (Å²) in [7, 11) is -2.08. The second-order valence-corrected chi connectivity index (χ2v) is 16.9. The van der Waals surface area contributed by atoms with Crippen LogP contribution in [0.5, 0.6) is 0 Å². The molecule has 3 heterocycles. The molecule has 1 saturated heterocycles. The third-order valence-corrected chi connectivity index (χ3v) is 12.4. The van der Waals surface area contributed by atoms with Gasteiger partial charge in [0.1, 0.15) is 0 Å². The highest BCUT2D eigenvalue weighted by Gasteiger charge is 2.38. The highest BCUT2D eigenvalue weighted by Crippen LogP contribution is 2.37. The van der Waals surface area contributed by atoms with Crippen molar-refractivity contribution in [2.24, 2.45) is 0 Å². The molecule has 0 aliphatic carbocycles. The third-order valence-electron chi connectivity index (χ3n) is 7.47. The Bertz CT molecular complexity index is 1300. The average molecular weight is 576 g/mol. The van der Waals surface area contributed by atoms with Crippen LogP contribution in [0.2, 0.25) is 28.2 Å². The Morgan fingerprint density at radius 1 is 1.13 bits per heavy atom. The van der Waals surface area contributed by atoms with E-state index in [4.69, 9.17) is 32.4 Å². The summed E-state index contributed by atoms with van der Waals surface area (Å²) < 4.78 is 13.7. The number of nitrogens with zero attached hydrogens (tertiary/aromatic N) is 3. The standard InChI is InChI=1S/C28H36Cl2N4O3Si/c1-28(2,3)38(4,5)37-18-25(20-14-21(29)17-22(30)15-20)34-11-7-19(16-26(34)35)24-6-10-31-27(33-24)32-23-8-12-36-13-9-23/h6-7,10-11,14-17,23,25H,8-9,12-13,18H2,1-5H3,(H,31,32,33)/t25-/m1/s1. The van der Waals surface area contributed by atoms with E-state index in [0.29, 0.717) is 28.3 Å². The van der Waals surface area contributed by atoms with E-state index in [1.165, 1.54) is 0 Å². The second-order valence-electron chi connectivity index (χ2n) is 11.2. The van der Waals surface area contributed by atoms with E-state index < -0.39 is 14.4 Å². The molecule has 0 unspecified atom stereocenters. The van der Waals surface area contributed by atoms with Crippen LogP contribution in [0.15, 0.2) is 53.6 Å². The molecule has 7 nitrogen and oxygen atoms in total. The Morgan fingerprint density at radius 2 is 1.82 bits per heavy atom. The van der Waals surface area contributed by atoms with Crippen LogP contribution in [0.4, 0.5) is 5.95 Å². The molecule has 0 radical (unpaired) electrons. The fraction of sp³-hybridized carbons (Fsp3) is 0.464. The van der Waals surface area contributed by atoms with Crippen molar-refractivity contribution in [2.75, 3.05) is 25.1 Å². The Kier molecular flexibility index (Phi) is 8.99. The lowest BCUT2D eigenvalue weighted by Gasteiger charge is -2.37. The summed E-state index contributed by atoms with van der Waals surface area (Å²) >= 11 is 12.7.